The van der Waals surface area contributed by atoms with Crippen molar-refractivity contribution in [2.75, 3.05) is 0 Å². The Labute approximate surface area is 95.7 Å². The molecule has 0 fully saturated rings. The summed E-state index contributed by atoms with van der Waals surface area (Å²) >= 11 is 0. The number of pyridine rings is 1. The smallest absolute Gasteiger partial charge is 0.253 e. The molecule has 0 radical (unpaired) electrons. The summed E-state index contributed by atoms with van der Waals surface area (Å²) in [6.07, 6.45) is 1.48. The van der Waals surface area contributed by atoms with Gasteiger partial charge < -0.3 is 10.4 Å². The first-order valence-corrected chi connectivity index (χ1v) is 5.30. The van der Waals surface area contributed by atoms with E-state index in [1.54, 1.807) is 26.0 Å². The van der Waals surface area contributed by atoms with E-state index in [0.717, 1.165) is 0 Å². The summed E-state index contributed by atoms with van der Waals surface area (Å²) < 4.78 is 0. The van der Waals surface area contributed by atoms with Crippen LogP contribution in [0.15, 0.2) is 18.3 Å². The molecule has 1 rings (SSSR count). The van der Waals surface area contributed by atoms with Gasteiger partial charge in [0.05, 0.1) is 11.3 Å². The van der Waals surface area contributed by atoms with Crippen molar-refractivity contribution in [1.82, 2.24) is 10.3 Å². The second kappa shape index (κ2) is 4.61. The lowest BCUT2D eigenvalue weighted by atomic mass is 10.0. The lowest BCUT2D eigenvalue weighted by Crippen LogP contribution is -2.30. The maximum atomic E-state index is 11.6. The van der Waals surface area contributed by atoms with Crippen LogP contribution in [-0.2, 0) is 5.60 Å². The molecule has 0 aliphatic heterocycles. The van der Waals surface area contributed by atoms with Crippen molar-refractivity contribution in [2.45, 2.75) is 39.3 Å². The van der Waals surface area contributed by atoms with E-state index in [4.69, 9.17) is 0 Å². The molecule has 0 unspecified atom stereocenters. The van der Waals surface area contributed by atoms with E-state index in [9.17, 15) is 9.90 Å². The van der Waals surface area contributed by atoms with Crippen molar-refractivity contribution in [3.63, 3.8) is 0 Å². The Kier molecular flexibility index (Phi) is 3.65. The molecule has 0 aromatic carbocycles. The molecule has 1 aromatic rings. The summed E-state index contributed by atoms with van der Waals surface area (Å²) in [5.41, 5.74) is 0.0721. The van der Waals surface area contributed by atoms with E-state index < -0.39 is 5.60 Å². The zero-order valence-corrected chi connectivity index (χ0v) is 10.1. The number of nitrogens with one attached hydrogen (secondary N) is 1. The number of rotatable bonds is 3. The molecule has 4 nitrogen and oxygen atoms in total. The van der Waals surface area contributed by atoms with Crippen LogP contribution in [-0.4, -0.2) is 22.0 Å². The standard InChI is InChI=1S/C12H18N2O2/c1-8(2)14-11(15)9-5-6-10(13-7-9)12(3,4)16/h5-8,16H,1-4H3,(H,14,15). The van der Waals surface area contributed by atoms with Crippen molar-refractivity contribution >= 4 is 5.91 Å². The van der Waals surface area contributed by atoms with E-state index in [1.807, 2.05) is 13.8 Å². The van der Waals surface area contributed by atoms with E-state index in [0.29, 0.717) is 11.3 Å². The summed E-state index contributed by atoms with van der Waals surface area (Å²) in [6.45, 7) is 7.11. The SMILES string of the molecule is CC(C)NC(=O)c1ccc(C(C)(C)O)nc1. The Bertz CT molecular complexity index is 364. The molecule has 16 heavy (non-hydrogen) atoms. The minimum atomic E-state index is -0.979. The van der Waals surface area contributed by atoms with Gasteiger partial charge in [0.2, 0.25) is 0 Å². The van der Waals surface area contributed by atoms with E-state index in [1.165, 1.54) is 6.20 Å². The summed E-state index contributed by atoms with van der Waals surface area (Å²) in [4.78, 5) is 15.7. The normalized spacial score (nSPS) is 11.6. The number of carbonyl (C=O) groups is 1. The third-order valence-corrected chi connectivity index (χ3v) is 2.07. The molecule has 4 heteroatoms. The molecule has 0 spiro atoms. The van der Waals surface area contributed by atoms with Gasteiger partial charge in [-0.1, -0.05) is 0 Å². The van der Waals surface area contributed by atoms with Gasteiger partial charge in [-0.05, 0) is 39.8 Å². The van der Waals surface area contributed by atoms with Gasteiger partial charge in [0.15, 0.2) is 0 Å². The highest BCUT2D eigenvalue weighted by Crippen LogP contribution is 2.16. The Morgan fingerprint density at radius 3 is 2.44 bits per heavy atom. The van der Waals surface area contributed by atoms with Crippen LogP contribution < -0.4 is 5.32 Å². The number of hydrogen-bond donors (Lipinski definition) is 2. The quantitative estimate of drug-likeness (QED) is 0.813. The van der Waals surface area contributed by atoms with Crippen molar-refractivity contribution < 1.29 is 9.90 Å². The fourth-order valence-corrected chi connectivity index (χ4v) is 1.24. The van der Waals surface area contributed by atoms with Gasteiger partial charge in [0, 0.05) is 12.2 Å². The average Bonchev–Trinajstić information content (AvgIpc) is 2.15. The highest BCUT2D eigenvalue weighted by molar-refractivity contribution is 5.94. The number of aliphatic hydroxyl groups is 1. The highest BCUT2D eigenvalue weighted by atomic mass is 16.3. The molecule has 1 heterocycles. The number of hydrogen-bond acceptors (Lipinski definition) is 3. The van der Waals surface area contributed by atoms with Gasteiger partial charge in [-0.2, -0.15) is 0 Å². The van der Waals surface area contributed by atoms with Crippen molar-refractivity contribution in [1.29, 1.82) is 0 Å². The molecule has 88 valence electrons. The zero-order valence-electron chi connectivity index (χ0n) is 10.1. The third-order valence-electron chi connectivity index (χ3n) is 2.07. The predicted molar refractivity (Wildman–Crippen MR) is 62.1 cm³/mol. The van der Waals surface area contributed by atoms with E-state index in [2.05, 4.69) is 10.3 Å². The Balaban J connectivity index is 2.83. The molecular weight excluding hydrogens is 204 g/mol. The average molecular weight is 222 g/mol. The molecule has 0 aliphatic rings. The minimum Gasteiger partial charge on any atom is -0.384 e. The molecule has 0 saturated carbocycles. The second-order valence-electron chi connectivity index (χ2n) is 4.62. The summed E-state index contributed by atoms with van der Waals surface area (Å²) in [6, 6.07) is 3.43. The lowest BCUT2D eigenvalue weighted by Gasteiger charge is -2.16. The summed E-state index contributed by atoms with van der Waals surface area (Å²) in [5.74, 6) is -0.148. The van der Waals surface area contributed by atoms with Crippen molar-refractivity contribution in [3.05, 3.63) is 29.6 Å². The van der Waals surface area contributed by atoms with Gasteiger partial charge in [-0.25, -0.2) is 0 Å². The molecular formula is C12H18N2O2. The molecule has 0 aliphatic carbocycles. The maximum Gasteiger partial charge on any atom is 0.253 e. The molecule has 0 saturated heterocycles. The lowest BCUT2D eigenvalue weighted by molar-refractivity contribution is 0.0736. The van der Waals surface area contributed by atoms with Gasteiger partial charge in [-0.3, -0.25) is 9.78 Å². The largest absolute Gasteiger partial charge is 0.384 e. The first-order chi connectivity index (χ1) is 7.30. The molecule has 1 aromatic heterocycles. The van der Waals surface area contributed by atoms with Crippen LogP contribution in [0.2, 0.25) is 0 Å². The highest BCUT2D eigenvalue weighted by Gasteiger charge is 2.18. The first-order valence-electron chi connectivity index (χ1n) is 5.30. The van der Waals surface area contributed by atoms with Crippen molar-refractivity contribution in [3.8, 4) is 0 Å². The monoisotopic (exact) mass is 222 g/mol. The maximum absolute atomic E-state index is 11.6. The van der Waals surface area contributed by atoms with Crippen molar-refractivity contribution in [2.24, 2.45) is 0 Å². The van der Waals surface area contributed by atoms with Gasteiger partial charge >= 0.3 is 0 Å². The summed E-state index contributed by atoms with van der Waals surface area (Å²) in [7, 11) is 0. The van der Waals surface area contributed by atoms with E-state index >= 15 is 0 Å². The minimum absolute atomic E-state index is 0.0986. The number of nitrogens with zero attached hydrogens (tertiary/aromatic N) is 1. The van der Waals surface area contributed by atoms with Crippen LogP contribution in [0.5, 0.6) is 0 Å². The molecule has 0 atom stereocenters. The van der Waals surface area contributed by atoms with E-state index in [-0.39, 0.29) is 11.9 Å². The fourth-order valence-electron chi connectivity index (χ4n) is 1.24. The fraction of sp³-hybridized carbons (Fsp3) is 0.500. The number of amides is 1. The molecule has 1 amide bonds. The second-order valence-corrected chi connectivity index (χ2v) is 4.62. The molecule has 0 bridgehead atoms. The Morgan fingerprint density at radius 2 is 2.06 bits per heavy atom. The zero-order chi connectivity index (χ0) is 12.3. The van der Waals surface area contributed by atoms with Crippen LogP contribution in [0.25, 0.3) is 0 Å². The van der Waals surface area contributed by atoms with Gasteiger partial charge in [0.25, 0.3) is 5.91 Å². The number of aromatic nitrogens is 1. The van der Waals surface area contributed by atoms with Crippen LogP contribution >= 0.6 is 0 Å². The van der Waals surface area contributed by atoms with Crippen LogP contribution in [0, 0.1) is 0 Å². The van der Waals surface area contributed by atoms with Crippen LogP contribution in [0.4, 0.5) is 0 Å². The van der Waals surface area contributed by atoms with Crippen LogP contribution in [0.3, 0.4) is 0 Å². The topological polar surface area (TPSA) is 62.2 Å². The number of carbonyl (C=O) groups excluding carboxylic acids is 1. The Hall–Kier alpha value is -1.42. The first kappa shape index (κ1) is 12.6. The third kappa shape index (κ3) is 3.31. The Morgan fingerprint density at radius 1 is 1.44 bits per heavy atom. The molecule has 2 N–H and O–H groups in total. The van der Waals surface area contributed by atoms with Crippen LogP contribution in [0.1, 0.15) is 43.7 Å². The summed E-state index contributed by atoms with van der Waals surface area (Å²) in [5, 5.41) is 12.5. The van der Waals surface area contributed by atoms with Gasteiger partial charge in [0.1, 0.15) is 5.60 Å². The van der Waals surface area contributed by atoms with Gasteiger partial charge in [-0.15, -0.1) is 0 Å². The predicted octanol–water partition coefficient (Wildman–Crippen LogP) is 1.45.